The number of pyridine rings is 1. The summed E-state index contributed by atoms with van der Waals surface area (Å²) in [6.07, 6.45) is 2.73. The van der Waals surface area contributed by atoms with Gasteiger partial charge in [-0.05, 0) is 35.3 Å². The van der Waals surface area contributed by atoms with Gasteiger partial charge in [-0.2, -0.15) is 11.8 Å². The van der Waals surface area contributed by atoms with E-state index in [0.717, 1.165) is 29.7 Å². The molecule has 116 valence electrons. The fourth-order valence-electron chi connectivity index (χ4n) is 2.36. The largest absolute Gasteiger partial charge is 0.369 e. The highest BCUT2D eigenvalue weighted by Crippen LogP contribution is 2.27. The van der Waals surface area contributed by atoms with Crippen LogP contribution in [-0.2, 0) is 0 Å². The molecular formula is C15H22BrN3OS. The van der Waals surface area contributed by atoms with Crippen LogP contribution in [0.5, 0.6) is 0 Å². The van der Waals surface area contributed by atoms with Crippen LogP contribution in [0.25, 0.3) is 0 Å². The van der Waals surface area contributed by atoms with E-state index in [2.05, 4.69) is 47.0 Å². The molecule has 21 heavy (non-hydrogen) atoms. The van der Waals surface area contributed by atoms with E-state index < -0.39 is 0 Å². The normalized spacial score (nSPS) is 22.2. The standard InChI is InChI=1S/C15H22BrN3OS/c1-4-5-17-14-13(8-12(16)9-18-14)15(20)19-6-7-21-11(3)10(19)2/h8-11H,4-7H2,1-3H3,(H,17,18). The topological polar surface area (TPSA) is 45.2 Å². The van der Waals surface area contributed by atoms with Gasteiger partial charge in [-0.25, -0.2) is 4.98 Å². The van der Waals surface area contributed by atoms with Crippen LogP contribution < -0.4 is 5.32 Å². The summed E-state index contributed by atoms with van der Waals surface area (Å²) in [5, 5.41) is 3.72. The molecule has 2 rings (SSSR count). The van der Waals surface area contributed by atoms with Gasteiger partial charge in [0, 0.05) is 40.8 Å². The van der Waals surface area contributed by atoms with Gasteiger partial charge in [0.05, 0.1) is 5.56 Å². The molecule has 0 bridgehead atoms. The van der Waals surface area contributed by atoms with E-state index in [1.807, 2.05) is 22.7 Å². The number of hydrogen-bond donors (Lipinski definition) is 1. The minimum atomic E-state index is 0.0713. The third kappa shape index (κ3) is 3.92. The Morgan fingerprint density at radius 3 is 3.05 bits per heavy atom. The minimum Gasteiger partial charge on any atom is -0.369 e. The predicted octanol–water partition coefficient (Wildman–Crippen LogP) is 3.63. The Bertz CT molecular complexity index is 512. The number of amides is 1. The van der Waals surface area contributed by atoms with Crippen molar-refractivity contribution in [2.75, 3.05) is 24.2 Å². The van der Waals surface area contributed by atoms with Crippen LogP contribution in [0, 0.1) is 0 Å². The quantitative estimate of drug-likeness (QED) is 0.877. The Labute approximate surface area is 139 Å². The number of rotatable bonds is 4. The zero-order valence-corrected chi connectivity index (χ0v) is 15.1. The number of aromatic nitrogens is 1. The van der Waals surface area contributed by atoms with Crippen molar-refractivity contribution in [3.05, 3.63) is 22.3 Å². The molecule has 0 aliphatic carbocycles. The smallest absolute Gasteiger partial charge is 0.257 e. The summed E-state index contributed by atoms with van der Waals surface area (Å²) in [6, 6.07) is 2.11. The molecule has 1 aromatic heterocycles. The lowest BCUT2D eigenvalue weighted by Crippen LogP contribution is -2.48. The van der Waals surface area contributed by atoms with E-state index in [1.54, 1.807) is 6.20 Å². The Morgan fingerprint density at radius 1 is 1.57 bits per heavy atom. The molecule has 0 aromatic carbocycles. The van der Waals surface area contributed by atoms with Crippen LogP contribution >= 0.6 is 27.7 Å². The number of nitrogens with one attached hydrogen (secondary N) is 1. The van der Waals surface area contributed by atoms with Gasteiger partial charge in [0.25, 0.3) is 5.91 Å². The van der Waals surface area contributed by atoms with Gasteiger partial charge in [0.15, 0.2) is 0 Å². The fraction of sp³-hybridized carbons (Fsp3) is 0.600. The lowest BCUT2D eigenvalue weighted by molar-refractivity contribution is 0.0698. The maximum atomic E-state index is 12.9. The van der Waals surface area contributed by atoms with Gasteiger partial charge in [-0.15, -0.1) is 0 Å². The highest BCUT2D eigenvalue weighted by Gasteiger charge is 2.30. The SMILES string of the molecule is CCCNc1ncc(Br)cc1C(=O)N1CCSC(C)C1C. The second kappa shape index (κ2) is 7.49. The minimum absolute atomic E-state index is 0.0713. The average molecular weight is 372 g/mol. The molecule has 1 aliphatic heterocycles. The molecule has 0 radical (unpaired) electrons. The van der Waals surface area contributed by atoms with Crippen molar-refractivity contribution in [2.24, 2.45) is 0 Å². The number of anilines is 1. The summed E-state index contributed by atoms with van der Waals surface area (Å²) in [7, 11) is 0. The summed E-state index contributed by atoms with van der Waals surface area (Å²) in [5.41, 5.74) is 0.656. The molecule has 1 saturated heterocycles. The Balaban J connectivity index is 2.26. The number of halogens is 1. The van der Waals surface area contributed by atoms with Crippen molar-refractivity contribution in [1.29, 1.82) is 0 Å². The van der Waals surface area contributed by atoms with E-state index in [0.29, 0.717) is 16.6 Å². The van der Waals surface area contributed by atoms with Crippen molar-refractivity contribution in [3.63, 3.8) is 0 Å². The third-order valence-electron chi connectivity index (χ3n) is 3.77. The molecule has 2 atom stereocenters. The average Bonchev–Trinajstić information content (AvgIpc) is 2.48. The van der Waals surface area contributed by atoms with Crippen LogP contribution in [0.4, 0.5) is 5.82 Å². The molecule has 1 amide bonds. The molecule has 2 unspecified atom stereocenters. The molecule has 0 saturated carbocycles. The van der Waals surface area contributed by atoms with Crippen molar-refractivity contribution < 1.29 is 4.79 Å². The van der Waals surface area contributed by atoms with Gasteiger partial charge in [0.1, 0.15) is 5.82 Å². The Morgan fingerprint density at radius 2 is 2.33 bits per heavy atom. The maximum absolute atomic E-state index is 12.9. The highest BCUT2D eigenvalue weighted by atomic mass is 79.9. The molecule has 1 aliphatic rings. The predicted molar refractivity (Wildman–Crippen MR) is 93.1 cm³/mol. The fourth-order valence-corrected chi connectivity index (χ4v) is 3.79. The summed E-state index contributed by atoms with van der Waals surface area (Å²) < 4.78 is 0.833. The van der Waals surface area contributed by atoms with Crippen LogP contribution in [0.15, 0.2) is 16.7 Å². The molecule has 0 spiro atoms. The second-order valence-corrected chi connectivity index (χ2v) is 7.69. The molecule has 1 fully saturated rings. The van der Waals surface area contributed by atoms with Gasteiger partial charge in [-0.1, -0.05) is 13.8 Å². The number of carbonyl (C=O) groups is 1. The first-order valence-corrected chi connectivity index (χ1v) is 9.20. The van der Waals surface area contributed by atoms with Crippen molar-refractivity contribution in [1.82, 2.24) is 9.88 Å². The van der Waals surface area contributed by atoms with Crippen molar-refractivity contribution in [2.45, 2.75) is 38.5 Å². The van der Waals surface area contributed by atoms with E-state index in [1.165, 1.54) is 0 Å². The van der Waals surface area contributed by atoms with Crippen LogP contribution in [0.3, 0.4) is 0 Å². The first-order chi connectivity index (χ1) is 10.0. The first-order valence-electron chi connectivity index (χ1n) is 7.36. The van der Waals surface area contributed by atoms with Crippen LogP contribution in [0.2, 0.25) is 0 Å². The maximum Gasteiger partial charge on any atom is 0.257 e. The molecule has 2 heterocycles. The zero-order valence-electron chi connectivity index (χ0n) is 12.7. The van der Waals surface area contributed by atoms with Gasteiger partial charge in [-0.3, -0.25) is 4.79 Å². The Hall–Kier alpha value is -0.750. The van der Waals surface area contributed by atoms with Crippen molar-refractivity contribution in [3.8, 4) is 0 Å². The van der Waals surface area contributed by atoms with Crippen LogP contribution in [-0.4, -0.2) is 45.9 Å². The summed E-state index contributed by atoms with van der Waals surface area (Å²) in [5.74, 6) is 1.75. The van der Waals surface area contributed by atoms with E-state index in [4.69, 9.17) is 0 Å². The number of hydrogen-bond acceptors (Lipinski definition) is 4. The summed E-state index contributed by atoms with van der Waals surface area (Å²) >= 11 is 5.35. The van der Waals surface area contributed by atoms with E-state index in [-0.39, 0.29) is 11.9 Å². The molecule has 1 aromatic rings. The lowest BCUT2D eigenvalue weighted by Gasteiger charge is -2.37. The monoisotopic (exact) mass is 371 g/mol. The lowest BCUT2D eigenvalue weighted by atomic mass is 10.1. The summed E-state index contributed by atoms with van der Waals surface area (Å²) in [6.45, 7) is 8.02. The number of carbonyl (C=O) groups excluding carboxylic acids is 1. The number of nitrogens with zero attached hydrogens (tertiary/aromatic N) is 2. The first kappa shape index (κ1) is 16.6. The van der Waals surface area contributed by atoms with Gasteiger partial charge >= 0.3 is 0 Å². The molecule has 4 nitrogen and oxygen atoms in total. The Kier molecular flexibility index (Phi) is 5.93. The van der Waals surface area contributed by atoms with Gasteiger partial charge < -0.3 is 10.2 Å². The third-order valence-corrected chi connectivity index (χ3v) is 5.54. The van der Waals surface area contributed by atoms with Gasteiger partial charge in [0.2, 0.25) is 0 Å². The van der Waals surface area contributed by atoms with Crippen molar-refractivity contribution >= 4 is 39.4 Å². The summed E-state index contributed by atoms with van der Waals surface area (Å²) in [4.78, 5) is 19.2. The highest BCUT2D eigenvalue weighted by molar-refractivity contribution is 9.10. The van der Waals surface area contributed by atoms with E-state index in [9.17, 15) is 4.79 Å². The number of thioether (sulfide) groups is 1. The molecular weight excluding hydrogens is 350 g/mol. The van der Waals surface area contributed by atoms with E-state index >= 15 is 0 Å². The second-order valence-electron chi connectivity index (χ2n) is 5.29. The molecule has 1 N–H and O–H groups in total. The van der Waals surface area contributed by atoms with Crippen LogP contribution in [0.1, 0.15) is 37.6 Å². The zero-order chi connectivity index (χ0) is 15.4. The molecule has 6 heteroatoms.